The molecular weight excluding hydrogens is 488 g/mol. The zero-order valence-corrected chi connectivity index (χ0v) is 18.5. The first-order chi connectivity index (χ1) is 17.1. The fourth-order valence-electron chi connectivity index (χ4n) is 4.30. The van der Waals surface area contributed by atoms with Gasteiger partial charge in [-0.1, -0.05) is 0 Å². The Morgan fingerprint density at radius 3 is 1.97 bits per heavy atom. The highest BCUT2D eigenvalue weighted by Gasteiger charge is 2.48. The summed E-state index contributed by atoms with van der Waals surface area (Å²) in [7, 11) is 2.41. The van der Waals surface area contributed by atoms with Gasteiger partial charge in [0.05, 0.1) is 25.0 Å². The van der Waals surface area contributed by atoms with Crippen LogP contribution in [0, 0.1) is 0 Å². The number of methoxy groups -OCH3 is 2. The van der Waals surface area contributed by atoms with Gasteiger partial charge in [-0.25, -0.2) is 14.4 Å². The lowest BCUT2D eigenvalue weighted by Crippen LogP contribution is -2.61. The minimum absolute atomic E-state index is 0.0716. The number of hydrogen-bond donors (Lipinski definition) is 5. The van der Waals surface area contributed by atoms with E-state index in [4.69, 9.17) is 27.8 Å². The van der Waals surface area contributed by atoms with Crippen molar-refractivity contribution in [3.8, 4) is 23.0 Å². The minimum Gasteiger partial charge on any atom is -0.504 e. The molecule has 0 spiro atoms. The Labute approximate surface area is 198 Å². The van der Waals surface area contributed by atoms with Gasteiger partial charge in [0.1, 0.15) is 18.3 Å². The molecule has 3 heterocycles. The smallest absolute Gasteiger partial charge is 0.344 e. The molecule has 0 amide bonds. The molecule has 5 N–H and O–H groups in total. The highest BCUT2D eigenvalue weighted by molar-refractivity contribution is 6.22. The molecule has 14 nitrogen and oxygen atoms in total. The summed E-state index contributed by atoms with van der Waals surface area (Å²) in [4.78, 5) is 37.1. The monoisotopic (exact) mass is 506 g/mol. The van der Waals surface area contributed by atoms with Gasteiger partial charge in [0.25, 0.3) is 0 Å². The van der Waals surface area contributed by atoms with E-state index in [9.17, 15) is 39.9 Å². The van der Waals surface area contributed by atoms with Gasteiger partial charge in [-0.3, -0.25) is 0 Å². The van der Waals surface area contributed by atoms with Crippen LogP contribution in [0.15, 0.2) is 30.6 Å². The number of carbonyl (C=O) groups is 1. The number of aliphatic carboxylic acids is 1. The molecule has 0 aliphatic carbocycles. The number of aliphatic hydroxyl groups excluding tert-OH is 3. The van der Waals surface area contributed by atoms with Crippen molar-refractivity contribution in [2.24, 2.45) is 0 Å². The minimum atomic E-state index is -1.96. The molecule has 2 aromatic carbocycles. The van der Waals surface area contributed by atoms with Crippen LogP contribution in [-0.2, 0) is 9.53 Å². The number of rotatable bonds is 5. The predicted molar refractivity (Wildman–Crippen MR) is 117 cm³/mol. The Balaban J connectivity index is 1.77. The molecule has 5 unspecified atom stereocenters. The largest absolute Gasteiger partial charge is 0.504 e. The van der Waals surface area contributed by atoms with E-state index < -0.39 is 53.7 Å². The van der Waals surface area contributed by atoms with Crippen LogP contribution in [0.4, 0.5) is 0 Å². The molecule has 2 aromatic heterocycles. The maximum atomic E-state index is 12.9. The summed E-state index contributed by atoms with van der Waals surface area (Å²) in [6.45, 7) is 0. The topological polar surface area (TPSA) is 216 Å². The maximum Gasteiger partial charge on any atom is 0.344 e. The molecule has 14 heteroatoms. The van der Waals surface area contributed by atoms with Gasteiger partial charge in [0, 0.05) is 10.8 Å². The van der Waals surface area contributed by atoms with Crippen molar-refractivity contribution in [2.45, 2.75) is 30.7 Å². The Morgan fingerprint density at radius 1 is 0.861 bits per heavy atom. The second-order valence-corrected chi connectivity index (χ2v) is 7.97. The molecule has 1 aliphatic heterocycles. The number of hydrogen-bond acceptors (Lipinski definition) is 13. The summed E-state index contributed by atoms with van der Waals surface area (Å²) in [6, 6.07) is 2.21. The fraction of sp³-hybridized carbons (Fsp3) is 0.318. The van der Waals surface area contributed by atoms with Crippen molar-refractivity contribution >= 4 is 38.7 Å². The molecule has 1 saturated heterocycles. The molecule has 5 atom stereocenters. The molecule has 0 saturated carbocycles. The van der Waals surface area contributed by atoms with Crippen molar-refractivity contribution in [2.75, 3.05) is 14.2 Å². The van der Waals surface area contributed by atoms with Gasteiger partial charge in [-0.05, 0) is 12.1 Å². The number of phenolic OH excluding ortho intramolecular Hbond substituents is 1. The first kappa shape index (κ1) is 23.6. The van der Waals surface area contributed by atoms with Gasteiger partial charge in [-0.2, -0.15) is 0 Å². The average molecular weight is 506 g/mol. The summed E-state index contributed by atoms with van der Waals surface area (Å²) in [5.41, 5.74) is -2.38. The Hall–Kier alpha value is -4.11. The van der Waals surface area contributed by atoms with Crippen LogP contribution in [-0.4, -0.2) is 76.4 Å². The van der Waals surface area contributed by atoms with Crippen molar-refractivity contribution in [3.05, 3.63) is 33.0 Å². The van der Waals surface area contributed by atoms with Gasteiger partial charge < -0.3 is 53.3 Å². The zero-order valence-electron chi connectivity index (χ0n) is 18.5. The Kier molecular flexibility index (Phi) is 5.40. The van der Waals surface area contributed by atoms with Crippen LogP contribution >= 0.6 is 0 Å². The normalized spacial score (nSPS) is 24.4. The van der Waals surface area contributed by atoms with Gasteiger partial charge in [-0.15, -0.1) is 0 Å². The molecule has 0 radical (unpaired) electrons. The second-order valence-electron chi connectivity index (χ2n) is 7.97. The van der Waals surface area contributed by atoms with Crippen LogP contribution in [0.1, 0.15) is 0 Å². The lowest BCUT2D eigenvalue weighted by Gasteiger charge is -2.38. The molecule has 190 valence electrons. The summed E-state index contributed by atoms with van der Waals surface area (Å²) in [5.74, 6) is -2.88. The van der Waals surface area contributed by atoms with E-state index in [2.05, 4.69) is 0 Å². The number of carboxylic acids is 1. The lowest BCUT2D eigenvalue weighted by atomic mass is 9.99. The first-order valence-corrected chi connectivity index (χ1v) is 10.3. The van der Waals surface area contributed by atoms with E-state index in [0.29, 0.717) is 0 Å². The SMILES string of the molecule is COc1c(O)cc2c(=O)oc3c(OC)c(OC4OC(C(=O)O)C(O)C(O)C4O)cc4c(=O)oc1c2c34. The third-order valence-corrected chi connectivity index (χ3v) is 5.96. The van der Waals surface area contributed by atoms with Crippen molar-refractivity contribution in [1.29, 1.82) is 0 Å². The Morgan fingerprint density at radius 2 is 1.42 bits per heavy atom. The van der Waals surface area contributed by atoms with E-state index in [-0.39, 0.29) is 50.0 Å². The van der Waals surface area contributed by atoms with Crippen LogP contribution in [0.25, 0.3) is 32.7 Å². The highest BCUT2D eigenvalue weighted by atomic mass is 16.7. The number of ether oxygens (including phenoxy) is 4. The standard InChI is InChI=1S/C22H18O14/c1-31-14-7(23)3-5-9-10-6(21(30)34-16(9)14)4-8(15(32-2)17(10)35-20(5)29)33-22-13(26)11(24)12(25)18(36-22)19(27)28/h3-4,11-13,18,22-26H,1-2H3,(H,27,28). The quantitative estimate of drug-likeness (QED) is 0.170. The molecular formula is C22H18O14. The maximum absolute atomic E-state index is 12.9. The third kappa shape index (κ3) is 3.23. The highest BCUT2D eigenvalue weighted by Crippen LogP contribution is 2.46. The lowest BCUT2D eigenvalue weighted by molar-refractivity contribution is -0.271. The zero-order chi connectivity index (χ0) is 26.0. The summed E-state index contributed by atoms with van der Waals surface area (Å²) >= 11 is 0. The number of aromatic hydroxyl groups is 1. The molecule has 5 rings (SSSR count). The first-order valence-electron chi connectivity index (χ1n) is 10.3. The van der Waals surface area contributed by atoms with Gasteiger partial charge >= 0.3 is 17.2 Å². The molecule has 4 aromatic rings. The molecule has 1 aliphatic rings. The number of aliphatic hydroxyl groups is 3. The van der Waals surface area contributed by atoms with Gasteiger partial charge in [0.2, 0.25) is 17.8 Å². The van der Waals surface area contributed by atoms with E-state index >= 15 is 0 Å². The van der Waals surface area contributed by atoms with Crippen LogP contribution < -0.4 is 25.5 Å². The fourth-order valence-corrected chi connectivity index (χ4v) is 4.30. The van der Waals surface area contributed by atoms with Crippen molar-refractivity contribution < 1.29 is 58.1 Å². The predicted octanol–water partition coefficient (Wildman–Crippen LogP) is -0.516. The molecule has 36 heavy (non-hydrogen) atoms. The number of phenols is 1. The van der Waals surface area contributed by atoms with Gasteiger partial charge in [0.15, 0.2) is 28.8 Å². The number of carboxylic acid groups (broad SMARTS) is 1. The number of benzene rings is 2. The van der Waals surface area contributed by atoms with Crippen molar-refractivity contribution in [1.82, 2.24) is 0 Å². The van der Waals surface area contributed by atoms with Crippen LogP contribution in [0.5, 0.6) is 23.0 Å². The summed E-state index contributed by atoms with van der Waals surface area (Å²) in [5, 5.41) is 49.6. The summed E-state index contributed by atoms with van der Waals surface area (Å²) in [6.07, 6.45) is -9.62. The second kappa shape index (κ2) is 8.23. The van der Waals surface area contributed by atoms with Crippen molar-refractivity contribution in [3.63, 3.8) is 0 Å². The van der Waals surface area contributed by atoms with Crippen LogP contribution in [0.3, 0.4) is 0 Å². The van der Waals surface area contributed by atoms with E-state index in [0.717, 1.165) is 12.1 Å². The summed E-state index contributed by atoms with van der Waals surface area (Å²) < 4.78 is 31.9. The van der Waals surface area contributed by atoms with E-state index in [1.54, 1.807) is 0 Å². The van der Waals surface area contributed by atoms with E-state index in [1.165, 1.54) is 14.2 Å². The molecule has 1 fully saturated rings. The van der Waals surface area contributed by atoms with Crippen LogP contribution in [0.2, 0.25) is 0 Å². The molecule has 0 bridgehead atoms. The average Bonchev–Trinajstić information content (AvgIpc) is 2.83. The van der Waals surface area contributed by atoms with E-state index in [1.807, 2.05) is 0 Å². The Bertz CT molecular complexity index is 1620. The third-order valence-electron chi connectivity index (χ3n) is 5.96.